The van der Waals surface area contributed by atoms with Gasteiger partial charge in [0, 0.05) is 35.4 Å². The number of morpholine rings is 1. The number of hydrogen-bond acceptors (Lipinski definition) is 10. The van der Waals surface area contributed by atoms with Crippen LogP contribution < -0.4 is 20.6 Å². The molecule has 2 amide bonds. The predicted molar refractivity (Wildman–Crippen MR) is 128 cm³/mol. The van der Waals surface area contributed by atoms with Crippen LogP contribution in [0.1, 0.15) is 34.4 Å². The summed E-state index contributed by atoms with van der Waals surface area (Å²) in [7, 11) is -3.95. The van der Waals surface area contributed by atoms with Crippen LogP contribution in [-0.2, 0) is 19.4 Å². The summed E-state index contributed by atoms with van der Waals surface area (Å²) < 4.78 is 51.9. The Morgan fingerprint density at radius 3 is 2.71 bits per heavy atom. The minimum atomic E-state index is -3.95. The normalized spacial score (nSPS) is 24.0. The Labute approximate surface area is 206 Å². The van der Waals surface area contributed by atoms with Crippen molar-refractivity contribution >= 4 is 44.7 Å². The van der Waals surface area contributed by atoms with Crippen LogP contribution in [0.5, 0.6) is 0 Å². The lowest BCUT2D eigenvalue weighted by atomic mass is 10.2. The molecule has 2 atom stereocenters. The van der Waals surface area contributed by atoms with Crippen LogP contribution in [0.15, 0.2) is 23.2 Å². The molecule has 2 aromatic heterocycles. The zero-order chi connectivity index (χ0) is 27.9. The Morgan fingerprint density at radius 2 is 2.06 bits per heavy atom. The molecule has 3 heterocycles. The van der Waals surface area contributed by atoms with Crippen LogP contribution in [0, 0.1) is 11.1 Å². The molecule has 2 aliphatic rings. The minimum Gasteiger partial charge on any atom is -0.627 e. The third-order valence-corrected chi connectivity index (χ3v) is 7.00. The van der Waals surface area contributed by atoms with E-state index in [9.17, 15) is 23.2 Å². The van der Waals surface area contributed by atoms with Gasteiger partial charge in [-0.05, 0) is 19.8 Å². The molecule has 0 bridgehead atoms. The molecule has 188 valence electrons. The Kier molecular flexibility index (Phi) is 5.70. The molecular weight excluding hydrogens is 478 g/mol. The van der Waals surface area contributed by atoms with Crippen molar-refractivity contribution < 1.29 is 26.9 Å². The van der Waals surface area contributed by atoms with Gasteiger partial charge in [-0.3, -0.25) is 9.59 Å². The van der Waals surface area contributed by atoms with Crippen molar-refractivity contribution in [2.45, 2.75) is 30.7 Å². The van der Waals surface area contributed by atoms with E-state index in [0.29, 0.717) is 0 Å². The maximum absolute atomic E-state index is 13.5. The highest BCUT2D eigenvalue weighted by Crippen LogP contribution is 2.34. The number of nitrogens with one attached hydrogen (secondary N) is 3. The van der Waals surface area contributed by atoms with E-state index in [1.165, 1.54) is 18.3 Å². The molecule has 1 saturated carbocycles. The fraction of sp³-hybridized carbons (Fsp3) is 0.476. The number of amides is 2. The Bertz CT molecular complexity index is 1370. The zero-order valence-electron chi connectivity index (χ0n) is 22.1. The van der Waals surface area contributed by atoms with Gasteiger partial charge in [0.1, 0.15) is 23.3 Å². The molecule has 13 nitrogen and oxygen atoms in total. The van der Waals surface area contributed by atoms with E-state index in [2.05, 4.69) is 25.8 Å². The summed E-state index contributed by atoms with van der Waals surface area (Å²) >= 11 is 0. The predicted octanol–water partition coefficient (Wildman–Crippen LogP) is 0.951. The van der Waals surface area contributed by atoms with Gasteiger partial charge in [-0.1, -0.05) is 0 Å². The second-order valence-corrected chi connectivity index (χ2v) is 10.6. The summed E-state index contributed by atoms with van der Waals surface area (Å²) in [6.45, 7) is -0.696. The fourth-order valence-electron chi connectivity index (χ4n) is 3.67. The lowest BCUT2D eigenvalue weighted by Crippen LogP contribution is -2.57. The molecule has 0 radical (unpaired) electrons. The number of sulfone groups is 1. The number of pyridine rings is 1. The quantitative estimate of drug-likeness (QED) is 0.360. The summed E-state index contributed by atoms with van der Waals surface area (Å²) in [5.74, 6) is -1.86. The number of rotatable bonds is 7. The molecule has 0 aromatic carbocycles. The number of hydroxylamine groups is 2. The summed E-state index contributed by atoms with van der Waals surface area (Å²) in [6.07, 6.45) is 3.62. The van der Waals surface area contributed by atoms with Crippen LogP contribution in [0.2, 0.25) is 0 Å². The molecule has 3 N–H and O–H groups in total. The van der Waals surface area contributed by atoms with Gasteiger partial charge in [0.05, 0.1) is 25.1 Å². The summed E-state index contributed by atoms with van der Waals surface area (Å²) in [5.41, 5.74) is -0.536. The van der Waals surface area contributed by atoms with E-state index in [0.717, 1.165) is 19.1 Å². The molecule has 14 heteroatoms. The topological polar surface area (TPSA) is 175 Å². The molecule has 2 aromatic rings. The lowest BCUT2D eigenvalue weighted by molar-refractivity contribution is -0.117. The van der Waals surface area contributed by atoms with Gasteiger partial charge in [0.15, 0.2) is 27.0 Å². The van der Waals surface area contributed by atoms with Crippen molar-refractivity contribution in [1.82, 2.24) is 25.1 Å². The Hall–Kier alpha value is -3.20. The maximum Gasteiger partial charge on any atom is 0.273 e. The van der Waals surface area contributed by atoms with E-state index in [1.54, 1.807) is 12.2 Å². The average Bonchev–Trinajstić information content (AvgIpc) is 3.65. The van der Waals surface area contributed by atoms with Crippen molar-refractivity contribution in [3.8, 4) is 0 Å². The molecule has 2 fully saturated rings. The molecule has 0 spiro atoms. The van der Waals surface area contributed by atoms with Gasteiger partial charge in [0.2, 0.25) is 5.91 Å². The zero-order valence-corrected chi connectivity index (χ0v) is 19.9. The third kappa shape index (κ3) is 5.24. The summed E-state index contributed by atoms with van der Waals surface area (Å²) in [5, 5.41) is 28.1. The standard InChI is InChI=1S/C21H27N7O6S/c1-12-11-34-7-6-28(12,31)14-8-16(35(3,32)33)19(23-10-14)24-15-9-17(25-20(29)13-4-5-13)26-27-18(15)21(30)22-2/h8-10,12-13H,4-7,11H2,1-3H3,(H,22,30)(H2,23,24,25,26,29)/t12-,28?/m1/s1/i2D3. The van der Waals surface area contributed by atoms with E-state index in [4.69, 9.17) is 8.85 Å². The minimum absolute atomic E-state index is 0.0430. The Balaban J connectivity index is 1.75. The largest absolute Gasteiger partial charge is 0.627 e. The monoisotopic (exact) mass is 508 g/mol. The SMILES string of the molecule is [2H]C([2H])([2H])NC(=O)c1nnc(NC(=O)C2CC2)cc1Nc1ncc([N+]2([O-])CCOC[C@H]2C)cc1S(C)(=O)=O. The van der Waals surface area contributed by atoms with Gasteiger partial charge in [-0.25, -0.2) is 13.4 Å². The molecule has 4 rings (SSSR count). The van der Waals surface area contributed by atoms with Gasteiger partial charge >= 0.3 is 0 Å². The van der Waals surface area contributed by atoms with Crippen LogP contribution in [-0.4, -0.2) is 74.4 Å². The number of anilines is 3. The summed E-state index contributed by atoms with van der Waals surface area (Å²) in [6, 6.07) is 1.93. The van der Waals surface area contributed by atoms with E-state index in [-0.39, 0.29) is 59.5 Å². The lowest BCUT2D eigenvalue weighted by Gasteiger charge is -2.49. The molecule has 1 aliphatic heterocycles. The molecule has 1 aliphatic carbocycles. The van der Waals surface area contributed by atoms with Crippen molar-refractivity contribution in [3.63, 3.8) is 0 Å². The average molecular weight is 509 g/mol. The van der Waals surface area contributed by atoms with Crippen molar-refractivity contribution in [3.05, 3.63) is 29.2 Å². The third-order valence-electron chi connectivity index (χ3n) is 5.89. The number of quaternary nitrogens is 1. The van der Waals surface area contributed by atoms with Crippen molar-refractivity contribution in [1.29, 1.82) is 0 Å². The van der Waals surface area contributed by atoms with Crippen LogP contribution in [0.4, 0.5) is 23.0 Å². The van der Waals surface area contributed by atoms with Gasteiger partial charge < -0.3 is 30.5 Å². The van der Waals surface area contributed by atoms with E-state index < -0.39 is 39.1 Å². The van der Waals surface area contributed by atoms with Crippen molar-refractivity contribution in [2.24, 2.45) is 5.92 Å². The highest BCUT2D eigenvalue weighted by atomic mass is 32.2. The number of ether oxygens (including phenoxy) is 1. The highest BCUT2D eigenvalue weighted by Gasteiger charge is 2.34. The smallest absolute Gasteiger partial charge is 0.273 e. The molecular formula is C21H27N7O6S. The highest BCUT2D eigenvalue weighted by molar-refractivity contribution is 7.90. The Morgan fingerprint density at radius 1 is 1.29 bits per heavy atom. The van der Waals surface area contributed by atoms with E-state index >= 15 is 0 Å². The van der Waals surface area contributed by atoms with Gasteiger partial charge in [-0.2, -0.15) is 0 Å². The van der Waals surface area contributed by atoms with E-state index in [1.807, 2.05) is 0 Å². The fourth-order valence-corrected chi connectivity index (χ4v) is 4.46. The van der Waals surface area contributed by atoms with Crippen LogP contribution in [0.25, 0.3) is 0 Å². The second kappa shape index (κ2) is 9.45. The molecule has 1 unspecified atom stereocenters. The maximum atomic E-state index is 13.5. The first kappa shape index (κ1) is 21.1. The van der Waals surface area contributed by atoms with Gasteiger partial charge in [-0.15, -0.1) is 10.2 Å². The number of carbonyl (C=O) groups excluding carboxylic acids is 2. The number of hydrogen-bond donors (Lipinski definition) is 3. The van der Waals surface area contributed by atoms with Crippen molar-refractivity contribution in [2.75, 3.05) is 43.6 Å². The first-order chi connectivity index (χ1) is 17.7. The first-order valence-corrected chi connectivity index (χ1v) is 12.7. The number of carbonyl (C=O) groups is 2. The number of nitrogens with zero attached hydrogens (tertiary/aromatic N) is 4. The first-order valence-electron chi connectivity index (χ1n) is 12.3. The van der Waals surface area contributed by atoms with Gasteiger partial charge in [0.25, 0.3) is 5.91 Å². The summed E-state index contributed by atoms with van der Waals surface area (Å²) in [4.78, 5) is 28.7. The molecule has 35 heavy (non-hydrogen) atoms. The number of aromatic nitrogens is 3. The second-order valence-electron chi connectivity index (χ2n) is 8.59. The van der Waals surface area contributed by atoms with Crippen LogP contribution in [0.3, 0.4) is 0 Å². The van der Waals surface area contributed by atoms with Crippen LogP contribution >= 0.6 is 0 Å². The molecule has 1 saturated heterocycles.